The summed E-state index contributed by atoms with van der Waals surface area (Å²) in [5.41, 5.74) is 16.3. The van der Waals surface area contributed by atoms with E-state index in [1.165, 1.54) is 46.2 Å². The van der Waals surface area contributed by atoms with Crippen molar-refractivity contribution in [3.8, 4) is 41.2 Å². The first-order valence-corrected chi connectivity index (χ1v) is 23.1. The zero-order valence-electron chi connectivity index (χ0n) is 32.5. The van der Waals surface area contributed by atoms with Crippen LogP contribution in [0.4, 0.5) is 17.1 Å². The van der Waals surface area contributed by atoms with E-state index in [0.717, 1.165) is 74.5 Å². The van der Waals surface area contributed by atoms with Crippen molar-refractivity contribution in [2.75, 3.05) is 4.90 Å². The van der Waals surface area contributed by atoms with E-state index in [1.54, 1.807) is 0 Å². The zero-order chi connectivity index (χ0) is 38.1. The van der Waals surface area contributed by atoms with Crippen LogP contribution >= 0.6 is 0 Å². The molecule has 5 nitrogen and oxygen atoms in total. The molecule has 0 radical (unpaired) electrons. The van der Waals surface area contributed by atoms with Gasteiger partial charge < -0.3 is 0 Å². The third-order valence-electron chi connectivity index (χ3n) is 10.5. The Labute approximate surface area is 361 Å². The molecule has 0 fully saturated rings. The number of para-hydroxylation sites is 1. The van der Waals surface area contributed by atoms with E-state index >= 15 is 0 Å². The zero-order valence-corrected chi connectivity index (χ0v) is 39.4. The van der Waals surface area contributed by atoms with Gasteiger partial charge in [0.25, 0.3) is 0 Å². The fraction of sp³-hybridized carbons (Fsp3) is 0.167. The molecule has 6 aromatic heterocycles. The molecule has 0 aliphatic heterocycles. The molecule has 3 aromatic carbocycles. The van der Waals surface area contributed by atoms with Crippen molar-refractivity contribution in [3.05, 3.63) is 144 Å². The molecule has 56 heavy (non-hydrogen) atoms. The largest absolute Gasteiger partial charge is 2.00 e. The Morgan fingerprint density at radius 1 is 0.518 bits per heavy atom. The van der Waals surface area contributed by atoms with Crippen LogP contribution in [0.15, 0.2) is 100 Å². The van der Waals surface area contributed by atoms with E-state index in [0.29, 0.717) is 0 Å². The maximum atomic E-state index is 6.70. The van der Waals surface area contributed by atoms with E-state index < -0.39 is 40.9 Å². The van der Waals surface area contributed by atoms with Crippen LogP contribution < -0.4 is 4.90 Å². The van der Waals surface area contributed by atoms with Gasteiger partial charge in [0, 0.05) is 0 Å². The van der Waals surface area contributed by atoms with Crippen LogP contribution in [0.3, 0.4) is 0 Å². The monoisotopic (exact) mass is 1140 g/mol. The predicted molar refractivity (Wildman–Crippen MR) is 227 cm³/mol. The molecular formula is C48H39N3O2PtTe2. The van der Waals surface area contributed by atoms with Crippen LogP contribution in [0.5, 0.6) is 0 Å². The Bertz CT molecular complexity index is 2710. The minimum Gasteiger partial charge on any atom is 2.00 e. The maximum absolute atomic E-state index is 6.70. The van der Waals surface area contributed by atoms with Gasteiger partial charge in [0.2, 0.25) is 0 Å². The number of fused-ring (bicyclic) bond motifs is 2. The Morgan fingerprint density at radius 3 is 1.29 bits per heavy atom. The minimum atomic E-state index is -0.808. The van der Waals surface area contributed by atoms with E-state index in [9.17, 15) is 0 Å². The first-order valence-electron chi connectivity index (χ1n) is 18.4. The molecule has 0 saturated heterocycles. The fourth-order valence-electron chi connectivity index (χ4n) is 7.89. The standard InChI is InChI=1S/C48H39N3O2Te2.Pt/c1-26-12-9-13-27(2)42(26)38-22-34-18-20-49-44(47(34)52-38)40-24-36(32(7)54-40)51(46-30(5)16-11-17-31(46)6)37-25-41(55-33(37)8)45-48-35(19-21-50-45)23-39(53-48)43-28(3)14-10-15-29(43)4;/h9-23H,1-8H3;/q-2;+2. The smallest absolute Gasteiger partial charge is 2.00 e. The number of hydrogen-bond donors (Lipinski definition) is 0. The van der Waals surface area contributed by atoms with E-state index in [-0.39, 0.29) is 21.1 Å². The van der Waals surface area contributed by atoms with E-state index in [1.807, 2.05) is 12.4 Å². The molecule has 0 N–H and O–H groups in total. The van der Waals surface area contributed by atoms with Crippen LogP contribution in [0.25, 0.3) is 63.1 Å². The summed E-state index contributed by atoms with van der Waals surface area (Å²) in [5.74, 6) is 1.76. The van der Waals surface area contributed by atoms with Gasteiger partial charge in [-0.3, -0.25) is 0 Å². The molecule has 0 bridgehead atoms. The average molecular weight is 1140 g/mol. The van der Waals surface area contributed by atoms with Gasteiger partial charge in [-0.25, -0.2) is 0 Å². The van der Waals surface area contributed by atoms with Crippen molar-refractivity contribution in [2.45, 2.75) is 55.4 Å². The number of aromatic nitrogens is 2. The second-order valence-corrected chi connectivity index (χ2v) is 21.4. The molecule has 8 heteroatoms. The molecule has 0 spiro atoms. The van der Waals surface area contributed by atoms with Crippen LogP contribution in [0.1, 0.15) is 40.5 Å². The Morgan fingerprint density at radius 2 is 0.893 bits per heavy atom. The first kappa shape index (κ1) is 38.9. The van der Waals surface area contributed by atoms with Crippen molar-refractivity contribution in [1.82, 2.24) is 9.97 Å². The number of nitrogens with zero attached hydrogens (tertiary/aromatic N) is 3. The van der Waals surface area contributed by atoms with E-state index in [2.05, 4.69) is 151 Å². The van der Waals surface area contributed by atoms with Gasteiger partial charge in [0.05, 0.1) is 0 Å². The Hall–Kier alpha value is -3.93. The van der Waals surface area contributed by atoms with Gasteiger partial charge in [-0.15, -0.1) is 0 Å². The topological polar surface area (TPSA) is 55.3 Å². The number of furan rings is 2. The van der Waals surface area contributed by atoms with Crippen molar-refractivity contribution in [3.63, 3.8) is 0 Å². The van der Waals surface area contributed by atoms with Gasteiger partial charge >= 0.3 is 365 Å². The van der Waals surface area contributed by atoms with Crippen molar-refractivity contribution in [1.29, 1.82) is 0 Å². The Balaban J connectivity index is 0.00000441. The van der Waals surface area contributed by atoms with Gasteiger partial charge in [0.15, 0.2) is 0 Å². The molecule has 0 amide bonds. The number of benzene rings is 3. The molecule has 0 aliphatic rings. The summed E-state index contributed by atoms with van der Waals surface area (Å²) in [6, 6.07) is 35.6. The fourth-order valence-corrected chi connectivity index (χ4v) is 13.2. The predicted octanol–water partition coefficient (Wildman–Crippen LogP) is 12.3. The summed E-state index contributed by atoms with van der Waals surface area (Å²) in [6.45, 7) is 17.5. The summed E-state index contributed by atoms with van der Waals surface area (Å²) >= 11 is -1.62. The summed E-state index contributed by atoms with van der Waals surface area (Å²) in [5, 5.41) is 2.12. The SMILES string of the molecule is Cc1cccc(C)c1-c1cc2ccnc(-c3[c-]c(N(c4[c-]c(-c5nccc6cc(-c7c(C)cccc7C)oc56)[te]c4C)c4c(C)cccc4C)c(C)[te]3)c2o1.[Pt+2]. The summed E-state index contributed by atoms with van der Waals surface area (Å²) in [7, 11) is 0. The van der Waals surface area contributed by atoms with Gasteiger partial charge in [-0.1, -0.05) is 0 Å². The molecule has 6 heterocycles. The third kappa shape index (κ3) is 6.71. The quantitative estimate of drug-likeness (QED) is 0.118. The molecule has 0 saturated carbocycles. The van der Waals surface area contributed by atoms with Crippen molar-refractivity contribution >= 4 is 79.9 Å². The minimum absolute atomic E-state index is 0. The average Bonchev–Trinajstić information content (AvgIpc) is 3.95. The summed E-state index contributed by atoms with van der Waals surface area (Å²) in [4.78, 5) is 12.3. The second kappa shape index (κ2) is 15.4. The normalized spacial score (nSPS) is 11.4. The number of aryl methyl sites for hydroxylation is 8. The molecular weight excluding hydrogens is 1100 g/mol. The summed E-state index contributed by atoms with van der Waals surface area (Å²) < 4.78 is 18.4. The number of hydrogen-bond acceptors (Lipinski definition) is 5. The molecule has 0 aliphatic carbocycles. The first-order chi connectivity index (χ1) is 26.6. The molecule has 0 atom stereocenters. The maximum Gasteiger partial charge on any atom is 2.00 e. The van der Waals surface area contributed by atoms with Crippen molar-refractivity contribution in [2.24, 2.45) is 0 Å². The van der Waals surface area contributed by atoms with Crippen LogP contribution in [-0.2, 0) is 21.1 Å². The Kier molecular flexibility index (Phi) is 10.7. The second-order valence-electron chi connectivity index (χ2n) is 14.4. The summed E-state index contributed by atoms with van der Waals surface area (Å²) in [6.07, 6.45) is 3.82. The third-order valence-corrected chi connectivity index (χ3v) is 16.2. The number of rotatable bonds is 7. The van der Waals surface area contributed by atoms with Gasteiger partial charge in [-0.2, -0.15) is 0 Å². The van der Waals surface area contributed by atoms with Crippen molar-refractivity contribution < 1.29 is 29.9 Å². The molecule has 9 rings (SSSR count). The van der Waals surface area contributed by atoms with Gasteiger partial charge in [-0.05, 0) is 0 Å². The number of anilines is 3. The molecule has 280 valence electrons. The molecule has 9 aromatic rings. The van der Waals surface area contributed by atoms with Gasteiger partial charge in [0.1, 0.15) is 0 Å². The van der Waals surface area contributed by atoms with E-state index in [4.69, 9.17) is 18.8 Å². The van der Waals surface area contributed by atoms with Crippen LogP contribution in [0, 0.1) is 67.5 Å². The molecule has 0 unspecified atom stereocenters. The van der Waals surface area contributed by atoms with Crippen LogP contribution in [-0.4, -0.2) is 50.8 Å². The van der Waals surface area contributed by atoms with Crippen LogP contribution in [0.2, 0.25) is 0 Å². The number of pyridine rings is 2.